The Labute approximate surface area is 169 Å². The van der Waals surface area contributed by atoms with Crippen LogP contribution < -0.4 is 9.47 Å². The molecule has 2 aromatic carbocycles. The zero-order valence-electron chi connectivity index (χ0n) is 14.9. The number of fused-ring (bicyclic) bond motifs is 1. The number of halogens is 2. The maximum atomic E-state index is 13.1. The highest BCUT2D eigenvalue weighted by Crippen LogP contribution is 2.34. The quantitative estimate of drug-likeness (QED) is 0.682. The summed E-state index contributed by atoms with van der Waals surface area (Å²) < 4.78 is 10.9. The lowest BCUT2D eigenvalue weighted by Gasteiger charge is -2.29. The first-order chi connectivity index (χ1) is 13.1. The van der Waals surface area contributed by atoms with Gasteiger partial charge in [-0.2, -0.15) is 0 Å². The molecule has 1 heterocycles. The Morgan fingerprint density at radius 3 is 2.48 bits per heavy atom. The fraction of sp³-hybridized carbons (Fsp3) is 0.381. The van der Waals surface area contributed by atoms with Crippen LogP contribution in [-0.2, 0) is 17.8 Å². The van der Waals surface area contributed by atoms with Crippen molar-refractivity contribution in [2.75, 3.05) is 6.79 Å². The fourth-order valence-corrected chi connectivity index (χ4v) is 4.12. The highest BCUT2D eigenvalue weighted by Gasteiger charge is 2.27. The summed E-state index contributed by atoms with van der Waals surface area (Å²) >= 11 is 12.1. The second kappa shape index (κ2) is 7.99. The first-order valence-corrected chi connectivity index (χ1v) is 9.97. The van der Waals surface area contributed by atoms with E-state index in [1.165, 1.54) is 12.8 Å². The smallest absolute Gasteiger partial charge is 0.231 e. The number of hydrogen-bond donors (Lipinski definition) is 0. The van der Waals surface area contributed by atoms with Gasteiger partial charge in [-0.15, -0.1) is 0 Å². The molecule has 1 aliphatic heterocycles. The summed E-state index contributed by atoms with van der Waals surface area (Å²) in [4.78, 5) is 15.1. The Morgan fingerprint density at radius 2 is 1.70 bits per heavy atom. The molecule has 1 saturated carbocycles. The van der Waals surface area contributed by atoms with Gasteiger partial charge < -0.3 is 14.4 Å². The molecule has 4 nitrogen and oxygen atoms in total. The SMILES string of the molecule is O=C(Cc1ccc(Cl)c(Cl)c1)N(Cc1ccc2c(c1)OCO2)C1CCCC1. The van der Waals surface area contributed by atoms with Crippen molar-refractivity contribution >= 4 is 29.1 Å². The number of hydrogen-bond acceptors (Lipinski definition) is 3. The van der Waals surface area contributed by atoms with Gasteiger partial charge in [-0.25, -0.2) is 0 Å². The molecule has 1 amide bonds. The lowest BCUT2D eigenvalue weighted by Crippen LogP contribution is -2.39. The molecule has 0 N–H and O–H groups in total. The monoisotopic (exact) mass is 405 g/mol. The predicted molar refractivity (Wildman–Crippen MR) is 106 cm³/mol. The van der Waals surface area contributed by atoms with E-state index in [0.717, 1.165) is 35.5 Å². The lowest BCUT2D eigenvalue weighted by molar-refractivity contribution is -0.133. The molecular weight excluding hydrogens is 385 g/mol. The normalized spacial score (nSPS) is 15.9. The van der Waals surface area contributed by atoms with Gasteiger partial charge >= 0.3 is 0 Å². The Balaban J connectivity index is 1.53. The Morgan fingerprint density at radius 1 is 0.963 bits per heavy atom. The Bertz CT molecular complexity index is 849. The number of benzene rings is 2. The number of ether oxygens (including phenoxy) is 2. The molecule has 142 valence electrons. The van der Waals surface area contributed by atoms with Crippen LogP contribution in [0, 0.1) is 0 Å². The van der Waals surface area contributed by atoms with Crippen molar-refractivity contribution in [1.29, 1.82) is 0 Å². The van der Waals surface area contributed by atoms with E-state index in [4.69, 9.17) is 32.7 Å². The van der Waals surface area contributed by atoms with E-state index < -0.39 is 0 Å². The fourth-order valence-electron chi connectivity index (χ4n) is 3.80. The van der Waals surface area contributed by atoms with Crippen molar-refractivity contribution in [3.8, 4) is 11.5 Å². The number of carbonyl (C=O) groups excluding carboxylic acids is 1. The van der Waals surface area contributed by atoms with E-state index in [0.29, 0.717) is 23.0 Å². The average molecular weight is 406 g/mol. The molecule has 0 bridgehead atoms. The van der Waals surface area contributed by atoms with Crippen LogP contribution in [0.4, 0.5) is 0 Å². The first kappa shape index (κ1) is 18.5. The van der Waals surface area contributed by atoms with Crippen molar-refractivity contribution in [3.05, 3.63) is 57.6 Å². The third-order valence-electron chi connectivity index (χ3n) is 5.22. The minimum Gasteiger partial charge on any atom is -0.454 e. The number of rotatable bonds is 5. The molecule has 6 heteroatoms. The summed E-state index contributed by atoms with van der Waals surface area (Å²) in [6.45, 7) is 0.822. The van der Waals surface area contributed by atoms with Crippen molar-refractivity contribution in [2.24, 2.45) is 0 Å². The van der Waals surface area contributed by atoms with Gasteiger partial charge in [-0.1, -0.05) is 48.2 Å². The van der Waals surface area contributed by atoms with Crippen LogP contribution in [0.2, 0.25) is 10.0 Å². The molecule has 0 aromatic heterocycles. The highest BCUT2D eigenvalue weighted by atomic mass is 35.5. The highest BCUT2D eigenvalue weighted by molar-refractivity contribution is 6.42. The van der Waals surface area contributed by atoms with Crippen LogP contribution in [0.25, 0.3) is 0 Å². The number of nitrogens with zero attached hydrogens (tertiary/aromatic N) is 1. The molecule has 2 aromatic rings. The number of amides is 1. The molecule has 1 aliphatic carbocycles. The van der Waals surface area contributed by atoms with Gasteiger partial charge in [0.2, 0.25) is 12.7 Å². The van der Waals surface area contributed by atoms with E-state index in [-0.39, 0.29) is 18.7 Å². The minimum atomic E-state index is 0.109. The van der Waals surface area contributed by atoms with Crippen LogP contribution in [-0.4, -0.2) is 23.6 Å². The molecule has 0 saturated heterocycles. The van der Waals surface area contributed by atoms with Crippen LogP contribution in [0.5, 0.6) is 11.5 Å². The van der Waals surface area contributed by atoms with Gasteiger partial charge in [0.25, 0.3) is 0 Å². The largest absolute Gasteiger partial charge is 0.454 e. The third kappa shape index (κ3) is 4.17. The number of carbonyl (C=O) groups is 1. The second-order valence-corrected chi connectivity index (χ2v) is 7.89. The first-order valence-electron chi connectivity index (χ1n) is 9.22. The maximum absolute atomic E-state index is 13.1. The van der Waals surface area contributed by atoms with E-state index in [2.05, 4.69) is 0 Å². The van der Waals surface area contributed by atoms with Crippen LogP contribution in [0.3, 0.4) is 0 Å². The topological polar surface area (TPSA) is 38.8 Å². The molecule has 1 fully saturated rings. The molecule has 0 unspecified atom stereocenters. The summed E-state index contributed by atoms with van der Waals surface area (Å²) in [6, 6.07) is 11.5. The van der Waals surface area contributed by atoms with Gasteiger partial charge in [0.15, 0.2) is 11.5 Å². The summed E-state index contributed by atoms with van der Waals surface area (Å²) in [7, 11) is 0. The molecule has 0 atom stereocenters. The molecule has 4 rings (SSSR count). The van der Waals surface area contributed by atoms with Crippen molar-refractivity contribution in [2.45, 2.75) is 44.7 Å². The molecule has 0 spiro atoms. The van der Waals surface area contributed by atoms with Crippen LogP contribution in [0.1, 0.15) is 36.8 Å². The van der Waals surface area contributed by atoms with Gasteiger partial charge in [0, 0.05) is 12.6 Å². The van der Waals surface area contributed by atoms with Gasteiger partial charge in [-0.05, 0) is 48.2 Å². The van der Waals surface area contributed by atoms with Gasteiger partial charge in [-0.3, -0.25) is 4.79 Å². The van der Waals surface area contributed by atoms with E-state index >= 15 is 0 Å². The summed E-state index contributed by atoms with van der Waals surface area (Å²) in [6.07, 6.45) is 4.76. The van der Waals surface area contributed by atoms with E-state index in [1.54, 1.807) is 12.1 Å². The molecular formula is C21H21Cl2NO3. The molecule has 27 heavy (non-hydrogen) atoms. The molecule has 0 radical (unpaired) electrons. The summed E-state index contributed by atoms with van der Waals surface area (Å²) in [5.41, 5.74) is 1.93. The summed E-state index contributed by atoms with van der Waals surface area (Å²) in [5, 5.41) is 0.978. The minimum absolute atomic E-state index is 0.109. The Kier molecular flexibility index (Phi) is 5.46. The van der Waals surface area contributed by atoms with Gasteiger partial charge in [0.1, 0.15) is 0 Å². The predicted octanol–water partition coefficient (Wildman–Crippen LogP) is 5.24. The zero-order valence-corrected chi connectivity index (χ0v) is 16.4. The standard InChI is InChI=1S/C21H21Cl2NO3/c22-17-7-5-14(9-18(17)23)11-21(25)24(16-3-1-2-4-16)12-15-6-8-19-20(10-15)27-13-26-19/h5-10,16H,1-4,11-13H2. The third-order valence-corrected chi connectivity index (χ3v) is 5.95. The van der Waals surface area contributed by atoms with E-state index in [9.17, 15) is 4.79 Å². The Hall–Kier alpha value is -1.91. The van der Waals surface area contributed by atoms with Crippen molar-refractivity contribution < 1.29 is 14.3 Å². The lowest BCUT2D eigenvalue weighted by atomic mass is 10.1. The average Bonchev–Trinajstić information content (AvgIpc) is 3.33. The molecule has 2 aliphatic rings. The summed E-state index contributed by atoms with van der Waals surface area (Å²) in [5.74, 6) is 1.61. The van der Waals surface area contributed by atoms with Gasteiger partial charge in [0.05, 0.1) is 16.5 Å². The second-order valence-electron chi connectivity index (χ2n) is 7.07. The van der Waals surface area contributed by atoms with E-state index in [1.807, 2.05) is 29.2 Å². The maximum Gasteiger partial charge on any atom is 0.231 e. The van der Waals surface area contributed by atoms with Crippen LogP contribution >= 0.6 is 23.2 Å². The zero-order chi connectivity index (χ0) is 18.8. The van der Waals surface area contributed by atoms with Crippen molar-refractivity contribution in [3.63, 3.8) is 0 Å². The van der Waals surface area contributed by atoms with Crippen LogP contribution in [0.15, 0.2) is 36.4 Å². The van der Waals surface area contributed by atoms with Crippen molar-refractivity contribution in [1.82, 2.24) is 4.90 Å².